The molecule has 11 heteroatoms. The Bertz CT molecular complexity index is 1800. The molecule has 0 spiro atoms. The average Bonchev–Trinajstić information content (AvgIpc) is 3.10. The molecule has 0 heterocycles. The SMILES string of the molecule is CCS(=O)(=O)Nc1cc(C(=O)N[C@@H](Cc2ccccc2)[C@H](O)CN[C@H](C)c2ccc(OC)cc2)cc(C(=O)N[C@H](C)c2ccc(C)cc2)c1. The van der Waals surface area contributed by atoms with Crippen LogP contribution in [0.25, 0.3) is 0 Å². The van der Waals surface area contributed by atoms with E-state index in [-0.39, 0.29) is 41.2 Å². The molecule has 0 aliphatic heterocycles. The Labute approximate surface area is 289 Å². The van der Waals surface area contributed by atoms with Gasteiger partial charge in [-0.25, -0.2) is 8.42 Å². The predicted molar refractivity (Wildman–Crippen MR) is 193 cm³/mol. The highest BCUT2D eigenvalue weighted by Crippen LogP contribution is 2.21. The maximum Gasteiger partial charge on any atom is 0.251 e. The lowest BCUT2D eigenvalue weighted by molar-refractivity contribution is 0.0825. The molecule has 0 saturated carbocycles. The molecule has 4 atom stereocenters. The Morgan fingerprint density at radius 3 is 1.96 bits per heavy atom. The fourth-order valence-electron chi connectivity index (χ4n) is 5.27. The van der Waals surface area contributed by atoms with Gasteiger partial charge in [0.05, 0.1) is 36.7 Å². The third-order valence-corrected chi connectivity index (χ3v) is 9.67. The number of ether oxygens (including phenoxy) is 1. The van der Waals surface area contributed by atoms with Crippen LogP contribution in [0.4, 0.5) is 5.69 Å². The number of anilines is 1. The summed E-state index contributed by atoms with van der Waals surface area (Å²) in [5, 5.41) is 20.6. The lowest BCUT2D eigenvalue weighted by Gasteiger charge is -2.26. The molecule has 0 aromatic heterocycles. The molecule has 4 aromatic carbocycles. The van der Waals surface area contributed by atoms with Crippen LogP contribution in [0.15, 0.2) is 97.1 Å². The summed E-state index contributed by atoms with van der Waals surface area (Å²) in [6.07, 6.45) is -0.666. The van der Waals surface area contributed by atoms with Gasteiger partial charge < -0.3 is 25.8 Å². The third kappa shape index (κ3) is 10.9. The van der Waals surface area contributed by atoms with Crippen molar-refractivity contribution in [3.05, 3.63) is 130 Å². The van der Waals surface area contributed by atoms with Gasteiger partial charge in [-0.3, -0.25) is 14.3 Å². The fraction of sp³-hybridized carbons (Fsp3) is 0.316. The van der Waals surface area contributed by atoms with Crippen molar-refractivity contribution in [3.63, 3.8) is 0 Å². The van der Waals surface area contributed by atoms with Crippen LogP contribution in [0, 0.1) is 6.92 Å². The first-order chi connectivity index (χ1) is 23.4. The molecule has 0 bridgehead atoms. The highest BCUT2D eigenvalue weighted by Gasteiger charge is 2.25. The summed E-state index contributed by atoms with van der Waals surface area (Å²) in [4.78, 5) is 27.3. The molecule has 5 N–H and O–H groups in total. The second kappa shape index (κ2) is 17.1. The number of carbonyl (C=O) groups excluding carboxylic acids is 2. The van der Waals surface area contributed by atoms with E-state index in [1.807, 2.05) is 99.6 Å². The maximum atomic E-state index is 13.8. The van der Waals surface area contributed by atoms with Gasteiger partial charge in [0, 0.05) is 23.7 Å². The minimum Gasteiger partial charge on any atom is -0.497 e. The zero-order valence-electron chi connectivity index (χ0n) is 28.6. The summed E-state index contributed by atoms with van der Waals surface area (Å²) in [5.41, 5.74) is 4.15. The number of amides is 2. The van der Waals surface area contributed by atoms with E-state index in [0.29, 0.717) is 6.42 Å². The number of aryl methyl sites for hydroxylation is 1. The number of nitrogens with one attached hydrogen (secondary N) is 4. The van der Waals surface area contributed by atoms with Crippen LogP contribution in [0.1, 0.15) is 75.8 Å². The zero-order chi connectivity index (χ0) is 35.6. The summed E-state index contributed by atoms with van der Waals surface area (Å²) in [7, 11) is -2.11. The van der Waals surface area contributed by atoms with Crippen LogP contribution < -0.4 is 25.4 Å². The van der Waals surface area contributed by atoms with Gasteiger partial charge in [0.2, 0.25) is 10.0 Å². The van der Waals surface area contributed by atoms with Crippen molar-refractivity contribution in [2.75, 3.05) is 24.1 Å². The smallest absolute Gasteiger partial charge is 0.251 e. The van der Waals surface area contributed by atoms with E-state index in [4.69, 9.17) is 4.74 Å². The normalized spacial score (nSPS) is 13.8. The first-order valence-electron chi connectivity index (χ1n) is 16.3. The predicted octanol–water partition coefficient (Wildman–Crippen LogP) is 5.31. The number of aliphatic hydroxyl groups is 1. The van der Waals surface area contributed by atoms with Crippen LogP contribution in [-0.2, 0) is 16.4 Å². The molecular weight excluding hydrogens is 641 g/mol. The topological polar surface area (TPSA) is 146 Å². The molecule has 260 valence electrons. The Morgan fingerprint density at radius 2 is 1.37 bits per heavy atom. The zero-order valence-corrected chi connectivity index (χ0v) is 29.4. The van der Waals surface area contributed by atoms with E-state index in [1.54, 1.807) is 7.11 Å². The van der Waals surface area contributed by atoms with Crippen molar-refractivity contribution in [3.8, 4) is 5.75 Å². The molecule has 0 radical (unpaired) electrons. The third-order valence-electron chi connectivity index (χ3n) is 8.36. The van der Waals surface area contributed by atoms with Crippen LogP contribution in [0.2, 0.25) is 0 Å². The highest BCUT2D eigenvalue weighted by molar-refractivity contribution is 7.92. The Morgan fingerprint density at radius 1 is 0.796 bits per heavy atom. The van der Waals surface area contributed by atoms with E-state index in [1.165, 1.54) is 25.1 Å². The minimum atomic E-state index is -3.72. The monoisotopic (exact) mass is 686 g/mol. The number of aliphatic hydroxyl groups excluding tert-OH is 1. The summed E-state index contributed by atoms with van der Waals surface area (Å²) in [6.45, 7) is 7.47. The molecule has 0 aliphatic carbocycles. The first kappa shape index (κ1) is 37.1. The summed E-state index contributed by atoms with van der Waals surface area (Å²) in [5.74, 6) is -0.490. The van der Waals surface area contributed by atoms with Gasteiger partial charge in [0.15, 0.2) is 0 Å². The number of sulfonamides is 1. The molecule has 10 nitrogen and oxygen atoms in total. The quantitative estimate of drug-likeness (QED) is 0.107. The first-order valence-corrected chi connectivity index (χ1v) is 18.0. The molecule has 0 aliphatic rings. The lowest BCUT2D eigenvalue weighted by Crippen LogP contribution is -2.49. The van der Waals surface area contributed by atoms with Gasteiger partial charge in [0.1, 0.15) is 5.75 Å². The highest BCUT2D eigenvalue weighted by atomic mass is 32.2. The summed E-state index contributed by atoms with van der Waals surface area (Å²) in [6, 6.07) is 27.9. The van der Waals surface area contributed by atoms with Gasteiger partial charge in [-0.1, -0.05) is 72.3 Å². The molecule has 49 heavy (non-hydrogen) atoms. The Hall–Kier alpha value is -4.71. The van der Waals surface area contributed by atoms with E-state index < -0.39 is 34.0 Å². The van der Waals surface area contributed by atoms with Gasteiger partial charge in [-0.15, -0.1) is 0 Å². The van der Waals surface area contributed by atoms with Gasteiger partial charge >= 0.3 is 0 Å². The molecule has 4 aromatic rings. The molecule has 0 fully saturated rings. The average molecular weight is 687 g/mol. The van der Waals surface area contributed by atoms with Gasteiger partial charge in [0.25, 0.3) is 11.8 Å². The second-order valence-corrected chi connectivity index (χ2v) is 14.2. The molecule has 2 amide bonds. The van der Waals surface area contributed by atoms with Crippen molar-refractivity contribution in [1.82, 2.24) is 16.0 Å². The Kier molecular flexibility index (Phi) is 13.0. The van der Waals surface area contributed by atoms with E-state index >= 15 is 0 Å². The largest absolute Gasteiger partial charge is 0.497 e. The summed E-state index contributed by atoms with van der Waals surface area (Å²) < 4.78 is 32.7. The van der Waals surface area contributed by atoms with Crippen molar-refractivity contribution in [2.45, 2.75) is 58.3 Å². The van der Waals surface area contributed by atoms with Crippen molar-refractivity contribution < 1.29 is 27.9 Å². The number of carbonyl (C=O) groups is 2. The molecular formula is C38H46N4O6S. The van der Waals surface area contributed by atoms with Crippen LogP contribution >= 0.6 is 0 Å². The molecule has 0 unspecified atom stereocenters. The van der Waals surface area contributed by atoms with E-state index in [2.05, 4.69) is 20.7 Å². The summed E-state index contributed by atoms with van der Waals surface area (Å²) >= 11 is 0. The second-order valence-electron chi connectivity index (χ2n) is 12.2. The molecule has 0 saturated heterocycles. The Balaban J connectivity index is 1.57. The number of methoxy groups -OCH3 is 1. The van der Waals surface area contributed by atoms with E-state index in [9.17, 15) is 23.1 Å². The van der Waals surface area contributed by atoms with Gasteiger partial charge in [-0.2, -0.15) is 0 Å². The van der Waals surface area contributed by atoms with Crippen LogP contribution in [0.5, 0.6) is 5.75 Å². The van der Waals surface area contributed by atoms with Crippen molar-refractivity contribution in [1.29, 1.82) is 0 Å². The fourth-order valence-corrected chi connectivity index (χ4v) is 5.89. The number of benzene rings is 4. The number of hydrogen-bond donors (Lipinski definition) is 5. The van der Waals surface area contributed by atoms with Crippen molar-refractivity contribution >= 4 is 27.5 Å². The van der Waals surface area contributed by atoms with Crippen LogP contribution in [0.3, 0.4) is 0 Å². The van der Waals surface area contributed by atoms with E-state index in [0.717, 1.165) is 28.0 Å². The number of hydrogen-bond acceptors (Lipinski definition) is 7. The van der Waals surface area contributed by atoms with Gasteiger partial charge in [-0.05, 0) is 81.1 Å². The van der Waals surface area contributed by atoms with Crippen LogP contribution in [-0.4, -0.2) is 56.9 Å². The lowest BCUT2D eigenvalue weighted by atomic mass is 9.99. The number of rotatable bonds is 16. The molecule has 4 rings (SSSR count). The minimum absolute atomic E-state index is 0.0641. The van der Waals surface area contributed by atoms with Crippen molar-refractivity contribution in [2.24, 2.45) is 0 Å². The maximum absolute atomic E-state index is 13.8. The standard InChI is InChI=1S/C38H46N4O6S/c1-6-49(46,47)42-33-22-31(37(44)40-27(4)30-14-12-25(2)13-15-30)21-32(23-33)38(45)41-35(20-28-10-8-7-9-11-28)36(43)24-39-26(3)29-16-18-34(48-5)19-17-29/h7-19,21-23,26-27,35-36,39,42-43H,6,20,24H2,1-5H3,(H,40,44)(H,41,45)/t26-,27-,35+,36-/m1/s1.